The Morgan fingerprint density at radius 2 is 2.00 bits per heavy atom. The number of nitrogens with zero attached hydrogens (tertiary/aromatic N) is 2. The molecule has 0 atom stereocenters. The predicted molar refractivity (Wildman–Crippen MR) is 51.0 cm³/mol. The zero-order valence-corrected chi connectivity index (χ0v) is 7.48. The number of hydrogen-bond acceptors (Lipinski definition) is 3. The number of fused-ring (bicyclic) bond motifs is 1. The summed E-state index contributed by atoms with van der Waals surface area (Å²) in [7, 11) is 0. The van der Waals surface area contributed by atoms with Crippen LogP contribution >= 0.6 is 0 Å². The first-order valence-electron chi connectivity index (χ1n) is 4.31. The molecule has 0 fully saturated rings. The van der Waals surface area contributed by atoms with Crippen molar-refractivity contribution < 1.29 is 9.13 Å². The van der Waals surface area contributed by atoms with E-state index in [4.69, 9.17) is 4.74 Å². The summed E-state index contributed by atoms with van der Waals surface area (Å²) in [5.74, 6) is 0.362. The molecular formula is C10H9FN2O. The zero-order chi connectivity index (χ0) is 9.80. The van der Waals surface area contributed by atoms with E-state index in [1.54, 1.807) is 0 Å². The number of hydrogen-bond donors (Lipinski definition) is 0. The van der Waals surface area contributed by atoms with Gasteiger partial charge in [0.25, 0.3) is 0 Å². The van der Waals surface area contributed by atoms with Gasteiger partial charge in [0.15, 0.2) is 0 Å². The lowest BCUT2D eigenvalue weighted by atomic mass is 10.3. The highest BCUT2D eigenvalue weighted by atomic mass is 19.1. The fraction of sp³-hybridized carbons (Fsp3) is 0.200. The summed E-state index contributed by atoms with van der Waals surface area (Å²) in [4.78, 5) is 8.29. The van der Waals surface area contributed by atoms with Crippen LogP contribution in [0, 0.1) is 0 Å². The van der Waals surface area contributed by atoms with Crippen molar-refractivity contribution in [2.24, 2.45) is 0 Å². The molecule has 0 aliphatic carbocycles. The minimum atomic E-state index is -0.519. The molecule has 2 rings (SSSR count). The first kappa shape index (κ1) is 8.87. The molecule has 3 nitrogen and oxygen atoms in total. The maximum absolute atomic E-state index is 11.8. The molecule has 0 unspecified atom stereocenters. The van der Waals surface area contributed by atoms with Gasteiger partial charge in [0.2, 0.25) is 5.88 Å². The third kappa shape index (κ3) is 1.79. The Kier molecular flexibility index (Phi) is 2.53. The number of para-hydroxylation sites is 2. The van der Waals surface area contributed by atoms with Crippen molar-refractivity contribution in [3.05, 3.63) is 30.5 Å². The maximum atomic E-state index is 11.8. The molecule has 72 valence electrons. The first-order chi connectivity index (χ1) is 6.90. The Hall–Kier alpha value is -1.71. The first-order valence-corrected chi connectivity index (χ1v) is 4.31. The van der Waals surface area contributed by atoms with Gasteiger partial charge in [-0.1, -0.05) is 12.1 Å². The van der Waals surface area contributed by atoms with E-state index in [2.05, 4.69) is 9.97 Å². The molecule has 1 aromatic carbocycles. The Morgan fingerprint density at radius 1 is 1.21 bits per heavy atom. The lowest BCUT2D eigenvalue weighted by Gasteiger charge is -2.02. The van der Waals surface area contributed by atoms with E-state index in [0.29, 0.717) is 5.88 Å². The molecule has 0 spiro atoms. The summed E-state index contributed by atoms with van der Waals surface area (Å²) in [5.41, 5.74) is 1.56. The zero-order valence-electron chi connectivity index (χ0n) is 7.48. The largest absolute Gasteiger partial charge is 0.474 e. The topological polar surface area (TPSA) is 35.0 Å². The van der Waals surface area contributed by atoms with Crippen LogP contribution in [0.3, 0.4) is 0 Å². The van der Waals surface area contributed by atoms with Gasteiger partial charge in [0, 0.05) is 0 Å². The molecule has 2 aromatic rings. The summed E-state index contributed by atoms with van der Waals surface area (Å²) < 4.78 is 16.8. The van der Waals surface area contributed by atoms with Crippen LogP contribution in [-0.2, 0) is 0 Å². The Bertz CT molecular complexity index is 433. The van der Waals surface area contributed by atoms with Crippen LogP contribution in [0.15, 0.2) is 30.5 Å². The second kappa shape index (κ2) is 4.00. The summed E-state index contributed by atoms with van der Waals surface area (Å²) in [5, 5.41) is 0. The standard InChI is InChI=1S/C10H9FN2O/c11-5-6-14-10-7-12-8-3-1-2-4-9(8)13-10/h1-4,7H,5-6H2. The molecule has 0 N–H and O–H groups in total. The number of halogens is 1. The normalized spacial score (nSPS) is 10.4. The molecule has 1 aromatic heterocycles. The van der Waals surface area contributed by atoms with Crippen molar-refractivity contribution >= 4 is 11.0 Å². The smallest absolute Gasteiger partial charge is 0.232 e. The second-order valence-corrected chi connectivity index (χ2v) is 2.73. The van der Waals surface area contributed by atoms with Gasteiger partial charge in [0.05, 0.1) is 17.2 Å². The molecule has 0 saturated carbocycles. The second-order valence-electron chi connectivity index (χ2n) is 2.73. The molecule has 14 heavy (non-hydrogen) atoms. The van der Waals surface area contributed by atoms with E-state index < -0.39 is 6.67 Å². The molecule has 0 aliphatic rings. The molecule has 0 amide bonds. The average molecular weight is 192 g/mol. The van der Waals surface area contributed by atoms with E-state index in [9.17, 15) is 4.39 Å². The van der Waals surface area contributed by atoms with Crippen LogP contribution in [0.4, 0.5) is 4.39 Å². The van der Waals surface area contributed by atoms with E-state index >= 15 is 0 Å². The van der Waals surface area contributed by atoms with Crippen LogP contribution < -0.4 is 4.74 Å². The lowest BCUT2D eigenvalue weighted by molar-refractivity contribution is 0.264. The third-order valence-electron chi connectivity index (χ3n) is 1.75. The monoisotopic (exact) mass is 192 g/mol. The van der Waals surface area contributed by atoms with E-state index in [1.807, 2.05) is 24.3 Å². The van der Waals surface area contributed by atoms with Gasteiger partial charge < -0.3 is 4.74 Å². The molecule has 0 saturated heterocycles. The summed E-state index contributed by atoms with van der Waals surface area (Å²) in [6.07, 6.45) is 1.50. The average Bonchev–Trinajstić information content (AvgIpc) is 2.26. The number of rotatable bonds is 3. The highest BCUT2D eigenvalue weighted by Gasteiger charge is 1.98. The van der Waals surface area contributed by atoms with Crippen molar-refractivity contribution in [2.45, 2.75) is 0 Å². The van der Waals surface area contributed by atoms with Crippen LogP contribution in [0.25, 0.3) is 11.0 Å². The van der Waals surface area contributed by atoms with E-state index in [0.717, 1.165) is 11.0 Å². The van der Waals surface area contributed by atoms with Crippen molar-refractivity contribution in [1.29, 1.82) is 0 Å². The van der Waals surface area contributed by atoms with Crippen molar-refractivity contribution in [1.82, 2.24) is 9.97 Å². The number of benzene rings is 1. The van der Waals surface area contributed by atoms with Gasteiger partial charge in [-0.3, -0.25) is 0 Å². The SMILES string of the molecule is FCCOc1cnc2ccccc2n1. The summed E-state index contributed by atoms with van der Waals surface area (Å²) in [6.45, 7) is -0.498. The van der Waals surface area contributed by atoms with Gasteiger partial charge in [-0.25, -0.2) is 14.4 Å². The van der Waals surface area contributed by atoms with Crippen LogP contribution in [0.1, 0.15) is 0 Å². The highest BCUT2D eigenvalue weighted by Crippen LogP contribution is 2.12. The minimum absolute atomic E-state index is 0.0209. The number of ether oxygens (including phenoxy) is 1. The molecule has 1 heterocycles. The Labute approximate surface area is 80.6 Å². The Balaban J connectivity index is 2.32. The lowest BCUT2D eigenvalue weighted by Crippen LogP contribution is -2.00. The fourth-order valence-corrected chi connectivity index (χ4v) is 1.15. The van der Waals surface area contributed by atoms with Gasteiger partial charge in [-0.05, 0) is 12.1 Å². The van der Waals surface area contributed by atoms with Gasteiger partial charge in [0.1, 0.15) is 13.3 Å². The molecular weight excluding hydrogens is 183 g/mol. The number of alkyl halides is 1. The van der Waals surface area contributed by atoms with Crippen LogP contribution in [0.5, 0.6) is 5.88 Å². The van der Waals surface area contributed by atoms with E-state index in [1.165, 1.54) is 6.20 Å². The highest BCUT2D eigenvalue weighted by molar-refractivity contribution is 5.73. The fourth-order valence-electron chi connectivity index (χ4n) is 1.15. The minimum Gasteiger partial charge on any atom is -0.474 e. The van der Waals surface area contributed by atoms with Gasteiger partial charge >= 0.3 is 0 Å². The van der Waals surface area contributed by atoms with Crippen molar-refractivity contribution in [2.75, 3.05) is 13.3 Å². The molecule has 0 bridgehead atoms. The summed E-state index contributed by atoms with van der Waals surface area (Å²) in [6, 6.07) is 7.46. The van der Waals surface area contributed by atoms with Gasteiger partial charge in [-0.15, -0.1) is 0 Å². The molecule has 0 radical (unpaired) electrons. The molecule has 4 heteroatoms. The maximum Gasteiger partial charge on any atom is 0.232 e. The predicted octanol–water partition coefficient (Wildman–Crippen LogP) is 1.98. The Morgan fingerprint density at radius 3 is 2.79 bits per heavy atom. The van der Waals surface area contributed by atoms with Crippen molar-refractivity contribution in [3.8, 4) is 5.88 Å². The summed E-state index contributed by atoms with van der Waals surface area (Å²) >= 11 is 0. The number of aromatic nitrogens is 2. The molecule has 0 aliphatic heterocycles. The van der Waals surface area contributed by atoms with Crippen LogP contribution in [-0.4, -0.2) is 23.2 Å². The van der Waals surface area contributed by atoms with Gasteiger partial charge in [-0.2, -0.15) is 0 Å². The van der Waals surface area contributed by atoms with Crippen LogP contribution in [0.2, 0.25) is 0 Å². The third-order valence-corrected chi connectivity index (χ3v) is 1.75. The quantitative estimate of drug-likeness (QED) is 0.745. The van der Waals surface area contributed by atoms with E-state index in [-0.39, 0.29) is 6.61 Å². The van der Waals surface area contributed by atoms with Crippen molar-refractivity contribution in [3.63, 3.8) is 0 Å².